The first kappa shape index (κ1) is 26.7. The molecule has 0 aliphatic rings. The van der Waals surface area contributed by atoms with Gasteiger partial charge in [0.15, 0.2) is 0 Å². The average molecular weight is 517 g/mol. The second-order valence-electron chi connectivity index (χ2n) is 9.68. The van der Waals surface area contributed by atoms with Crippen LogP contribution in [0.2, 0.25) is 0 Å². The molecular formula is C29H36N6OS. The minimum absolute atomic E-state index is 0.141. The highest BCUT2D eigenvalue weighted by Crippen LogP contribution is 2.37. The zero-order valence-electron chi connectivity index (χ0n) is 22.1. The van der Waals surface area contributed by atoms with Gasteiger partial charge in [0.05, 0.1) is 11.2 Å². The summed E-state index contributed by atoms with van der Waals surface area (Å²) in [6.07, 6.45) is 5.69. The Morgan fingerprint density at radius 3 is 2.32 bits per heavy atom. The van der Waals surface area contributed by atoms with Gasteiger partial charge in [0.1, 0.15) is 5.69 Å². The van der Waals surface area contributed by atoms with Crippen LogP contribution in [0.5, 0.6) is 0 Å². The van der Waals surface area contributed by atoms with E-state index in [2.05, 4.69) is 75.2 Å². The van der Waals surface area contributed by atoms with Crippen LogP contribution in [-0.2, 0) is 0 Å². The number of aromatic nitrogens is 2. The summed E-state index contributed by atoms with van der Waals surface area (Å²) in [4.78, 5) is 27.2. The minimum atomic E-state index is -0.141. The van der Waals surface area contributed by atoms with E-state index in [9.17, 15) is 4.79 Å². The van der Waals surface area contributed by atoms with Crippen molar-refractivity contribution in [3.63, 3.8) is 0 Å². The van der Waals surface area contributed by atoms with E-state index in [0.717, 1.165) is 65.8 Å². The van der Waals surface area contributed by atoms with Crippen LogP contribution in [0.15, 0.2) is 60.2 Å². The van der Waals surface area contributed by atoms with Crippen molar-refractivity contribution in [2.45, 2.75) is 12.8 Å². The zero-order valence-corrected chi connectivity index (χ0v) is 22.9. The van der Waals surface area contributed by atoms with Crippen molar-refractivity contribution in [2.75, 3.05) is 59.7 Å². The Hall–Kier alpha value is -3.33. The predicted molar refractivity (Wildman–Crippen MR) is 155 cm³/mol. The van der Waals surface area contributed by atoms with Crippen LogP contribution in [-0.4, -0.2) is 80.0 Å². The van der Waals surface area contributed by atoms with Gasteiger partial charge in [-0.15, -0.1) is 11.3 Å². The van der Waals surface area contributed by atoms with Crippen LogP contribution in [0.1, 0.15) is 23.3 Å². The number of fused-ring (bicyclic) bond motifs is 1. The Bertz CT molecular complexity index is 1300. The highest BCUT2D eigenvalue weighted by molar-refractivity contribution is 7.13. The fourth-order valence-corrected chi connectivity index (χ4v) is 4.92. The van der Waals surface area contributed by atoms with E-state index < -0.39 is 0 Å². The molecule has 0 atom stereocenters. The van der Waals surface area contributed by atoms with Gasteiger partial charge < -0.3 is 20.4 Å². The molecule has 0 saturated heterocycles. The second-order valence-corrected chi connectivity index (χ2v) is 10.6. The Labute approximate surface area is 223 Å². The molecule has 0 aliphatic heterocycles. The lowest BCUT2D eigenvalue weighted by molar-refractivity contribution is 0.0947. The van der Waals surface area contributed by atoms with E-state index in [1.54, 1.807) is 23.6 Å². The Morgan fingerprint density at radius 2 is 1.65 bits per heavy atom. The summed E-state index contributed by atoms with van der Waals surface area (Å²) in [7, 11) is 8.25. The van der Waals surface area contributed by atoms with Crippen molar-refractivity contribution in [3.8, 4) is 21.6 Å². The molecular weight excluding hydrogens is 480 g/mol. The molecule has 8 heteroatoms. The maximum absolute atomic E-state index is 12.5. The molecule has 0 bridgehead atoms. The van der Waals surface area contributed by atoms with E-state index in [1.807, 2.05) is 26.4 Å². The molecule has 1 aromatic carbocycles. The lowest BCUT2D eigenvalue weighted by Crippen LogP contribution is -2.27. The lowest BCUT2D eigenvalue weighted by atomic mass is 10.0. The van der Waals surface area contributed by atoms with Crippen LogP contribution in [0.25, 0.3) is 32.5 Å². The van der Waals surface area contributed by atoms with Crippen molar-refractivity contribution in [1.29, 1.82) is 0 Å². The topological polar surface area (TPSA) is 73.4 Å². The summed E-state index contributed by atoms with van der Waals surface area (Å²) in [5, 5.41) is 9.83. The Morgan fingerprint density at radius 1 is 0.892 bits per heavy atom. The summed E-state index contributed by atoms with van der Waals surface area (Å²) in [6, 6.07) is 14.3. The van der Waals surface area contributed by atoms with Crippen molar-refractivity contribution in [1.82, 2.24) is 25.1 Å². The molecule has 0 saturated carbocycles. The van der Waals surface area contributed by atoms with E-state index >= 15 is 0 Å². The quantitative estimate of drug-likeness (QED) is 0.256. The molecule has 1 amide bonds. The largest absolute Gasteiger partial charge is 0.384 e. The molecule has 0 unspecified atom stereocenters. The van der Waals surface area contributed by atoms with Crippen LogP contribution < -0.4 is 10.6 Å². The molecule has 0 fully saturated rings. The van der Waals surface area contributed by atoms with E-state index in [0.29, 0.717) is 12.2 Å². The van der Waals surface area contributed by atoms with Crippen molar-refractivity contribution >= 4 is 33.8 Å². The Balaban J connectivity index is 1.58. The van der Waals surface area contributed by atoms with Gasteiger partial charge in [-0.1, -0.05) is 18.2 Å². The van der Waals surface area contributed by atoms with Gasteiger partial charge in [-0.2, -0.15) is 0 Å². The van der Waals surface area contributed by atoms with Gasteiger partial charge in [0.2, 0.25) is 0 Å². The fourth-order valence-electron chi connectivity index (χ4n) is 4.18. The van der Waals surface area contributed by atoms with Gasteiger partial charge in [0.25, 0.3) is 5.91 Å². The van der Waals surface area contributed by atoms with E-state index in [1.165, 1.54) is 4.88 Å². The number of anilines is 1. The molecule has 0 radical (unpaired) electrons. The number of carbonyl (C=O) groups excluding carboxylic acids is 1. The fraction of sp³-hybridized carbons (Fsp3) is 0.345. The van der Waals surface area contributed by atoms with E-state index in [4.69, 9.17) is 4.98 Å². The van der Waals surface area contributed by atoms with Crippen molar-refractivity contribution < 1.29 is 4.79 Å². The third kappa shape index (κ3) is 7.13. The summed E-state index contributed by atoms with van der Waals surface area (Å²) in [5.41, 5.74) is 5.60. The third-order valence-corrected chi connectivity index (χ3v) is 7.04. The Kier molecular flexibility index (Phi) is 9.22. The number of hydrogen-bond donors (Lipinski definition) is 2. The molecule has 3 aromatic heterocycles. The van der Waals surface area contributed by atoms with Gasteiger partial charge in [-0.3, -0.25) is 14.8 Å². The molecule has 194 valence electrons. The molecule has 0 aliphatic carbocycles. The third-order valence-electron chi connectivity index (χ3n) is 6.14. The highest BCUT2D eigenvalue weighted by Gasteiger charge is 2.14. The van der Waals surface area contributed by atoms with Crippen LogP contribution in [0.3, 0.4) is 0 Å². The van der Waals surface area contributed by atoms with Crippen LogP contribution in [0.4, 0.5) is 5.69 Å². The number of rotatable bonds is 12. The molecule has 2 N–H and O–H groups in total. The second kappa shape index (κ2) is 12.8. The predicted octanol–water partition coefficient (Wildman–Crippen LogP) is 5.07. The van der Waals surface area contributed by atoms with Crippen molar-refractivity contribution in [3.05, 3.63) is 65.9 Å². The van der Waals surface area contributed by atoms with Gasteiger partial charge >= 0.3 is 0 Å². The van der Waals surface area contributed by atoms with Crippen LogP contribution >= 0.6 is 11.3 Å². The molecule has 37 heavy (non-hydrogen) atoms. The lowest BCUT2D eigenvalue weighted by Gasteiger charge is -2.16. The number of thiophene rings is 1. The number of nitrogens with one attached hydrogen (secondary N) is 2. The number of pyridine rings is 2. The monoisotopic (exact) mass is 516 g/mol. The maximum Gasteiger partial charge on any atom is 0.269 e. The summed E-state index contributed by atoms with van der Waals surface area (Å²) in [6.45, 7) is 3.47. The SMILES string of the molecule is CN(C)CCCNC(=O)c1ccc(-c2ccc3ncc(-c4cccs4)c(NCCCN(C)C)c3c2)cn1. The van der Waals surface area contributed by atoms with Gasteiger partial charge in [-0.25, -0.2) is 0 Å². The first-order chi connectivity index (χ1) is 17.9. The summed E-state index contributed by atoms with van der Waals surface area (Å²) in [5.74, 6) is -0.141. The van der Waals surface area contributed by atoms with Gasteiger partial charge in [-0.05, 0) is 89.3 Å². The standard InChI is InChI=1S/C29H36N6OS/c1-34(2)15-6-13-30-28-23-18-21(9-11-25(23)33-20-24(28)27-8-5-17-37-27)22-10-12-26(32-19-22)29(36)31-14-7-16-35(3)4/h5,8-12,17-20H,6-7,13-16H2,1-4H3,(H,30,33)(H,31,36). The minimum Gasteiger partial charge on any atom is -0.384 e. The first-order valence-electron chi connectivity index (χ1n) is 12.7. The van der Waals surface area contributed by atoms with Gasteiger partial charge in [0, 0.05) is 46.9 Å². The number of nitrogens with zero attached hydrogens (tertiary/aromatic N) is 4. The highest BCUT2D eigenvalue weighted by atomic mass is 32.1. The maximum atomic E-state index is 12.5. The number of hydrogen-bond acceptors (Lipinski definition) is 7. The number of carbonyl (C=O) groups is 1. The zero-order chi connectivity index (χ0) is 26.2. The number of amides is 1. The molecule has 7 nitrogen and oxygen atoms in total. The first-order valence-corrected chi connectivity index (χ1v) is 13.5. The molecule has 0 spiro atoms. The average Bonchev–Trinajstić information content (AvgIpc) is 3.43. The summed E-state index contributed by atoms with van der Waals surface area (Å²) >= 11 is 1.72. The molecule has 4 rings (SSSR count). The van der Waals surface area contributed by atoms with Crippen molar-refractivity contribution in [2.24, 2.45) is 0 Å². The van der Waals surface area contributed by atoms with E-state index in [-0.39, 0.29) is 5.91 Å². The summed E-state index contributed by atoms with van der Waals surface area (Å²) < 4.78 is 0. The smallest absolute Gasteiger partial charge is 0.269 e. The molecule has 3 heterocycles. The normalized spacial score (nSPS) is 11.4. The number of benzene rings is 1. The van der Waals surface area contributed by atoms with Crippen LogP contribution in [0, 0.1) is 0 Å². The molecule has 4 aromatic rings.